The molecule has 3 N–H and O–H groups in total. The van der Waals surface area contributed by atoms with Crippen LogP contribution in [0.15, 0.2) is 41.0 Å². The molecule has 0 saturated carbocycles. The molecule has 0 bridgehead atoms. The minimum Gasteiger partial charge on any atom is -0.469 e. The summed E-state index contributed by atoms with van der Waals surface area (Å²) in [5, 5.41) is 3.38. The second-order valence-electron chi connectivity index (χ2n) is 4.67. The first kappa shape index (κ1) is 13.2. The molecule has 19 heavy (non-hydrogen) atoms. The van der Waals surface area contributed by atoms with Crippen molar-refractivity contribution in [2.45, 2.75) is 26.3 Å². The maximum atomic E-state index is 11.3. The third kappa shape index (κ3) is 3.16. The lowest BCUT2D eigenvalue weighted by molar-refractivity contribution is 0.0999. The minimum absolute atomic E-state index is 0.202. The second kappa shape index (κ2) is 5.61. The molecule has 1 aromatic carbocycles. The Morgan fingerprint density at radius 1 is 1.37 bits per heavy atom. The fraction of sp³-hybridized carbons (Fsp3) is 0.267. The molecule has 4 heteroatoms. The number of carbonyl (C=O) groups excluding carboxylic acids is 1. The van der Waals surface area contributed by atoms with E-state index in [0.29, 0.717) is 5.56 Å². The molecule has 0 aliphatic rings. The number of anilines is 1. The van der Waals surface area contributed by atoms with Crippen molar-refractivity contribution >= 4 is 11.6 Å². The molecule has 2 rings (SSSR count). The monoisotopic (exact) mass is 258 g/mol. The molecule has 1 atom stereocenters. The zero-order chi connectivity index (χ0) is 13.8. The Morgan fingerprint density at radius 2 is 2.16 bits per heavy atom. The first-order chi connectivity index (χ1) is 9.08. The Labute approximate surface area is 112 Å². The van der Waals surface area contributed by atoms with Gasteiger partial charge in [0.05, 0.1) is 6.26 Å². The number of rotatable bonds is 5. The van der Waals surface area contributed by atoms with Crippen molar-refractivity contribution in [1.29, 1.82) is 0 Å². The van der Waals surface area contributed by atoms with Gasteiger partial charge >= 0.3 is 0 Å². The number of nitrogens with two attached hydrogens (primary N) is 1. The molecule has 1 amide bonds. The fourth-order valence-electron chi connectivity index (χ4n) is 2.11. The molecule has 0 radical (unpaired) electrons. The van der Waals surface area contributed by atoms with Gasteiger partial charge in [-0.05, 0) is 43.7 Å². The zero-order valence-electron chi connectivity index (χ0n) is 11.1. The summed E-state index contributed by atoms with van der Waals surface area (Å²) in [7, 11) is 0. The SMILES string of the molecule is Cc1c(NC(C)Cc2ccco2)cccc1C(N)=O. The Balaban J connectivity index is 2.10. The topological polar surface area (TPSA) is 68.3 Å². The van der Waals surface area contributed by atoms with Gasteiger partial charge in [-0.3, -0.25) is 4.79 Å². The Hall–Kier alpha value is -2.23. The van der Waals surface area contributed by atoms with E-state index in [2.05, 4.69) is 12.2 Å². The van der Waals surface area contributed by atoms with Crippen LogP contribution < -0.4 is 11.1 Å². The van der Waals surface area contributed by atoms with E-state index in [-0.39, 0.29) is 6.04 Å². The molecule has 1 aromatic heterocycles. The predicted octanol–water partition coefficient (Wildman–Crippen LogP) is 2.73. The van der Waals surface area contributed by atoms with E-state index in [1.54, 1.807) is 12.3 Å². The van der Waals surface area contributed by atoms with Gasteiger partial charge in [-0.2, -0.15) is 0 Å². The Bertz CT molecular complexity index is 562. The van der Waals surface area contributed by atoms with E-state index in [1.807, 2.05) is 31.2 Å². The summed E-state index contributed by atoms with van der Waals surface area (Å²) >= 11 is 0. The predicted molar refractivity (Wildman–Crippen MR) is 75.2 cm³/mol. The van der Waals surface area contributed by atoms with Gasteiger partial charge in [0, 0.05) is 23.7 Å². The molecular weight excluding hydrogens is 240 g/mol. The summed E-state index contributed by atoms with van der Waals surface area (Å²) in [6.45, 7) is 3.96. The molecule has 1 unspecified atom stereocenters. The van der Waals surface area contributed by atoms with E-state index < -0.39 is 5.91 Å². The highest BCUT2D eigenvalue weighted by molar-refractivity contribution is 5.95. The zero-order valence-corrected chi connectivity index (χ0v) is 11.1. The molecule has 0 fully saturated rings. The van der Waals surface area contributed by atoms with Crippen LogP contribution in [0, 0.1) is 6.92 Å². The number of furan rings is 1. The first-order valence-electron chi connectivity index (χ1n) is 6.26. The van der Waals surface area contributed by atoms with Crippen LogP contribution in [0.2, 0.25) is 0 Å². The van der Waals surface area contributed by atoms with Gasteiger partial charge in [0.2, 0.25) is 5.91 Å². The normalized spacial score (nSPS) is 12.1. The molecule has 0 saturated heterocycles. The average molecular weight is 258 g/mol. The third-order valence-corrected chi connectivity index (χ3v) is 3.09. The van der Waals surface area contributed by atoms with Crippen molar-refractivity contribution in [3.63, 3.8) is 0 Å². The van der Waals surface area contributed by atoms with Gasteiger partial charge in [-0.25, -0.2) is 0 Å². The van der Waals surface area contributed by atoms with Crippen LogP contribution >= 0.6 is 0 Å². The summed E-state index contributed by atoms with van der Waals surface area (Å²) in [4.78, 5) is 11.3. The van der Waals surface area contributed by atoms with E-state index in [0.717, 1.165) is 23.4 Å². The molecule has 100 valence electrons. The lowest BCUT2D eigenvalue weighted by Crippen LogP contribution is -2.20. The second-order valence-corrected chi connectivity index (χ2v) is 4.67. The lowest BCUT2D eigenvalue weighted by Gasteiger charge is -2.17. The molecule has 1 heterocycles. The van der Waals surface area contributed by atoms with Crippen LogP contribution in [0.4, 0.5) is 5.69 Å². The fourth-order valence-corrected chi connectivity index (χ4v) is 2.11. The highest BCUT2D eigenvalue weighted by atomic mass is 16.3. The van der Waals surface area contributed by atoms with Crippen LogP contribution in [0.3, 0.4) is 0 Å². The van der Waals surface area contributed by atoms with E-state index in [1.165, 1.54) is 0 Å². The Morgan fingerprint density at radius 3 is 2.79 bits per heavy atom. The third-order valence-electron chi connectivity index (χ3n) is 3.09. The van der Waals surface area contributed by atoms with E-state index in [4.69, 9.17) is 10.2 Å². The van der Waals surface area contributed by atoms with Crippen molar-refractivity contribution in [2.24, 2.45) is 5.73 Å². The summed E-state index contributed by atoms with van der Waals surface area (Å²) < 4.78 is 5.32. The summed E-state index contributed by atoms with van der Waals surface area (Å²) in [6.07, 6.45) is 2.45. The smallest absolute Gasteiger partial charge is 0.249 e. The highest BCUT2D eigenvalue weighted by Gasteiger charge is 2.11. The lowest BCUT2D eigenvalue weighted by atomic mass is 10.1. The van der Waals surface area contributed by atoms with Crippen molar-refractivity contribution in [1.82, 2.24) is 0 Å². The van der Waals surface area contributed by atoms with E-state index >= 15 is 0 Å². The molecule has 4 nitrogen and oxygen atoms in total. The number of carbonyl (C=O) groups is 1. The number of benzene rings is 1. The van der Waals surface area contributed by atoms with Gasteiger partial charge in [-0.1, -0.05) is 6.07 Å². The van der Waals surface area contributed by atoms with Crippen molar-refractivity contribution in [3.05, 3.63) is 53.5 Å². The standard InChI is InChI=1S/C15H18N2O2/c1-10(9-12-5-4-8-19-12)17-14-7-3-6-13(11(14)2)15(16)18/h3-8,10,17H,9H2,1-2H3,(H2,16,18). The molecule has 2 aromatic rings. The van der Waals surface area contributed by atoms with Gasteiger partial charge < -0.3 is 15.5 Å². The van der Waals surface area contributed by atoms with Crippen molar-refractivity contribution < 1.29 is 9.21 Å². The number of amides is 1. The first-order valence-corrected chi connectivity index (χ1v) is 6.26. The highest BCUT2D eigenvalue weighted by Crippen LogP contribution is 2.20. The number of hydrogen-bond acceptors (Lipinski definition) is 3. The van der Waals surface area contributed by atoms with Gasteiger partial charge in [-0.15, -0.1) is 0 Å². The van der Waals surface area contributed by atoms with Gasteiger partial charge in [0.15, 0.2) is 0 Å². The van der Waals surface area contributed by atoms with Crippen LogP contribution in [0.1, 0.15) is 28.6 Å². The summed E-state index contributed by atoms with van der Waals surface area (Å²) in [5.41, 5.74) is 7.70. The molecular formula is C15H18N2O2. The van der Waals surface area contributed by atoms with Crippen LogP contribution in [-0.4, -0.2) is 11.9 Å². The Kier molecular flexibility index (Phi) is 3.90. The largest absolute Gasteiger partial charge is 0.469 e. The van der Waals surface area contributed by atoms with Gasteiger partial charge in [0.25, 0.3) is 0 Å². The van der Waals surface area contributed by atoms with Crippen LogP contribution in [0.5, 0.6) is 0 Å². The summed E-state index contributed by atoms with van der Waals surface area (Å²) in [5.74, 6) is 0.531. The van der Waals surface area contributed by atoms with E-state index in [9.17, 15) is 4.79 Å². The average Bonchev–Trinajstić information content (AvgIpc) is 2.84. The number of hydrogen-bond donors (Lipinski definition) is 2. The van der Waals surface area contributed by atoms with Crippen molar-refractivity contribution in [3.8, 4) is 0 Å². The number of primary amides is 1. The maximum Gasteiger partial charge on any atom is 0.249 e. The number of nitrogens with one attached hydrogen (secondary N) is 1. The van der Waals surface area contributed by atoms with Gasteiger partial charge in [0.1, 0.15) is 5.76 Å². The van der Waals surface area contributed by atoms with Crippen molar-refractivity contribution in [2.75, 3.05) is 5.32 Å². The molecule has 0 spiro atoms. The molecule has 0 aliphatic carbocycles. The van der Waals surface area contributed by atoms with Crippen LogP contribution in [0.25, 0.3) is 0 Å². The minimum atomic E-state index is -0.403. The molecule has 0 aliphatic heterocycles. The quantitative estimate of drug-likeness (QED) is 0.866. The summed E-state index contributed by atoms with van der Waals surface area (Å²) in [6, 6.07) is 9.54. The van der Waals surface area contributed by atoms with Crippen LogP contribution in [-0.2, 0) is 6.42 Å². The maximum absolute atomic E-state index is 11.3.